The Hall–Kier alpha value is -4.03. The van der Waals surface area contributed by atoms with Gasteiger partial charge in [0.2, 0.25) is 5.95 Å². The minimum absolute atomic E-state index is 0.188. The Balaban J connectivity index is 1.52. The molecule has 0 unspecified atom stereocenters. The molecule has 0 radical (unpaired) electrons. The van der Waals surface area contributed by atoms with E-state index in [9.17, 15) is 14.0 Å². The number of benzene rings is 2. The van der Waals surface area contributed by atoms with Gasteiger partial charge >= 0.3 is 0 Å². The summed E-state index contributed by atoms with van der Waals surface area (Å²) in [5.74, 6) is 0.427. The molecule has 3 heterocycles. The van der Waals surface area contributed by atoms with Gasteiger partial charge in [0.15, 0.2) is 11.3 Å². The van der Waals surface area contributed by atoms with E-state index < -0.39 is 0 Å². The molecule has 0 bridgehead atoms. The number of rotatable bonds is 6. The number of ether oxygens (including phenoxy) is 1. The molecular formula is C24H20F2N6O. The van der Waals surface area contributed by atoms with Crippen molar-refractivity contribution in [2.24, 2.45) is 0 Å². The zero-order valence-corrected chi connectivity index (χ0v) is 17.8. The molecular weight excluding hydrogens is 426 g/mol. The Kier molecular flexibility index (Phi) is 5.36. The van der Waals surface area contributed by atoms with Crippen molar-refractivity contribution < 1.29 is 13.5 Å². The van der Waals surface area contributed by atoms with Gasteiger partial charge in [0, 0.05) is 48.0 Å². The summed E-state index contributed by atoms with van der Waals surface area (Å²) >= 11 is 0. The van der Waals surface area contributed by atoms with Crippen LogP contribution in [0.15, 0.2) is 42.7 Å². The van der Waals surface area contributed by atoms with Crippen LogP contribution in [0.2, 0.25) is 0 Å². The number of aromatic nitrogens is 3. The Labute approximate surface area is 188 Å². The second-order valence-electron chi connectivity index (χ2n) is 7.72. The molecule has 33 heavy (non-hydrogen) atoms. The van der Waals surface area contributed by atoms with E-state index in [4.69, 9.17) is 4.74 Å². The first-order chi connectivity index (χ1) is 16.1. The van der Waals surface area contributed by atoms with Crippen LogP contribution in [0.1, 0.15) is 22.4 Å². The molecule has 7 nitrogen and oxygen atoms in total. The summed E-state index contributed by atoms with van der Waals surface area (Å²) in [6.07, 6.45) is 3.77. The molecule has 0 atom stereocenters. The van der Waals surface area contributed by atoms with Crippen LogP contribution in [-0.2, 0) is 19.5 Å². The van der Waals surface area contributed by atoms with E-state index in [-0.39, 0.29) is 23.9 Å². The third-order valence-corrected chi connectivity index (χ3v) is 5.70. The maximum Gasteiger partial charge on any atom is 0.208 e. The summed E-state index contributed by atoms with van der Waals surface area (Å²) in [5, 5.41) is 15.5. The first kappa shape index (κ1) is 20.8. The molecule has 0 amide bonds. The smallest absolute Gasteiger partial charge is 0.208 e. The number of anilines is 1. The Bertz CT molecular complexity index is 1410. The highest BCUT2D eigenvalue weighted by Gasteiger charge is 2.20. The van der Waals surface area contributed by atoms with Crippen LogP contribution < -0.4 is 15.4 Å². The van der Waals surface area contributed by atoms with Crippen LogP contribution in [0.25, 0.3) is 16.8 Å². The predicted molar refractivity (Wildman–Crippen MR) is 119 cm³/mol. The maximum absolute atomic E-state index is 14.5. The lowest BCUT2D eigenvalue weighted by molar-refractivity contribution is 0.356. The number of fused-ring (bicyclic) bond motifs is 2. The van der Waals surface area contributed by atoms with Crippen LogP contribution in [0.4, 0.5) is 14.7 Å². The fourth-order valence-corrected chi connectivity index (χ4v) is 4.09. The molecule has 0 saturated heterocycles. The molecule has 166 valence electrons. The van der Waals surface area contributed by atoms with Gasteiger partial charge in [0.25, 0.3) is 0 Å². The average Bonchev–Trinajstić information content (AvgIpc) is 3.47. The normalized spacial score (nSPS) is 12.4. The highest BCUT2D eigenvalue weighted by atomic mass is 19.1. The van der Waals surface area contributed by atoms with Gasteiger partial charge < -0.3 is 15.4 Å². The lowest BCUT2D eigenvalue weighted by atomic mass is 10.0. The van der Waals surface area contributed by atoms with Crippen molar-refractivity contribution in [3.63, 3.8) is 0 Å². The predicted octanol–water partition coefficient (Wildman–Crippen LogP) is 3.81. The number of nitriles is 1. The molecule has 0 saturated carbocycles. The summed E-state index contributed by atoms with van der Waals surface area (Å²) in [4.78, 5) is 8.85. The van der Waals surface area contributed by atoms with Crippen LogP contribution in [0.3, 0.4) is 0 Å². The van der Waals surface area contributed by atoms with Crippen LogP contribution in [-0.4, -0.2) is 28.0 Å². The van der Waals surface area contributed by atoms with Gasteiger partial charge in [0.1, 0.15) is 23.5 Å². The molecule has 1 aliphatic rings. The summed E-state index contributed by atoms with van der Waals surface area (Å²) in [6, 6.07) is 10.00. The van der Waals surface area contributed by atoms with E-state index in [0.29, 0.717) is 59.2 Å². The van der Waals surface area contributed by atoms with Crippen molar-refractivity contribution in [1.82, 2.24) is 19.7 Å². The number of imidazole rings is 1. The highest BCUT2D eigenvalue weighted by Crippen LogP contribution is 2.31. The number of hydrogen-bond donors (Lipinski definition) is 2. The Morgan fingerprint density at radius 3 is 2.85 bits per heavy atom. The number of nitrogens with one attached hydrogen (secondary N) is 2. The van der Waals surface area contributed by atoms with E-state index in [1.807, 2.05) is 6.07 Å². The van der Waals surface area contributed by atoms with E-state index in [0.717, 1.165) is 5.56 Å². The molecule has 0 spiro atoms. The monoisotopic (exact) mass is 446 g/mol. The van der Waals surface area contributed by atoms with Crippen LogP contribution in [0, 0.1) is 23.0 Å². The second-order valence-corrected chi connectivity index (χ2v) is 7.72. The minimum Gasteiger partial charge on any atom is -0.493 e. The fraction of sp³-hybridized carbons (Fsp3) is 0.208. The highest BCUT2D eigenvalue weighted by molar-refractivity contribution is 5.78. The van der Waals surface area contributed by atoms with Crippen molar-refractivity contribution in [1.29, 1.82) is 5.26 Å². The van der Waals surface area contributed by atoms with Gasteiger partial charge in [-0.15, -0.1) is 0 Å². The first-order valence-corrected chi connectivity index (χ1v) is 10.5. The number of nitrogens with zero attached hydrogens (tertiary/aromatic N) is 4. The molecule has 2 aromatic carbocycles. The summed E-state index contributed by atoms with van der Waals surface area (Å²) in [5.41, 5.74) is 3.73. The summed E-state index contributed by atoms with van der Waals surface area (Å²) in [7, 11) is 1.75. The molecule has 0 aliphatic carbocycles. The van der Waals surface area contributed by atoms with Crippen molar-refractivity contribution in [2.75, 3.05) is 19.0 Å². The lowest BCUT2D eigenvalue weighted by Crippen LogP contribution is -2.10. The standard InChI is InChI=1S/C24H20F2N6O/c1-28-10-15-3-2-14(8-21(15)26)18-11-29-24(32-13-16(9-27)31-23(18)32)30-12-19-17-6-7-33-22(17)5-4-20(19)25/h2-5,8,11,13,28H,6-7,10,12H2,1H3,(H,29,30). The zero-order chi connectivity index (χ0) is 22.9. The van der Waals surface area contributed by atoms with Gasteiger partial charge in [-0.3, -0.25) is 4.40 Å². The zero-order valence-electron chi connectivity index (χ0n) is 17.8. The van der Waals surface area contributed by atoms with Crippen molar-refractivity contribution >= 4 is 11.6 Å². The molecule has 5 rings (SSSR count). The quantitative estimate of drug-likeness (QED) is 0.468. The second kappa shape index (κ2) is 8.48. The van der Waals surface area contributed by atoms with Crippen LogP contribution in [0.5, 0.6) is 5.75 Å². The largest absolute Gasteiger partial charge is 0.493 e. The van der Waals surface area contributed by atoms with Gasteiger partial charge in [-0.1, -0.05) is 12.1 Å². The van der Waals surface area contributed by atoms with Crippen LogP contribution >= 0.6 is 0 Å². The Morgan fingerprint density at radius 1 is 1.18 bits per heavy atom. The van der Waals surface area contributed by atoms with E-state index in [2.05, 4.69) is 20.6 Å². The number of hydrogen-bond acceptors (Lipinski definition) is 6. The molecule has 1 aliphatic heterocycles. The third-order valence-electron chi connectivity index (χ3n) is 5.70. The van der Waals surface area contributed by atoms with Gasteiger partial charge in [0.05, 0.1) is 12.8 Å². The van der Waals surface area contributed by atoms with E-state index in [1.165, 1.54) is 12.1 Å². The van der Waals surface area contributed by atoms with E-state index in [1.54, 1.807) is 42.0 Å². The Morgan fingerprint density at radius 2 is 2.06 bits per heavy atom. The molecule has 4 aromatic rings. The fourth-order valence-electron chi connectivity index (χ4n) is 4.09. The van der Waals surface area contributed by atoms with E-state index >= 15 is 0 Å². The summed E-state index contributed by atoms with van der Waals surface area (Å²) in [6.45, 7) is 1.13. The molecule has 9 heteroatoms. The van der Waals surface area contributed by atoms with Gasteiger partial charge in [-0.2, -0.15) is 5.26 Å². The van der Waals surface area contributed by atoms with Crippen molar-refractivity contribution in [3.8, 4) is 22.9 Å². The topological polar surface area (TPSA) is 87.3 Å². The van der Waals surface area contributed by atoms with Gasteiger partial charge in [-0.25, -0.2) is 18.7 Å². The number of halogens is 2. The third kappa shape index (κ3) is 3.75. The molecule has 2 N–H and O–H groups in total. The SMILES string of the molecule is CNCc1ccc(-c2cnc(NCc3c(F)ccc4c3CCO4)n3cc(C#N)nc23)cc1F. The van der Waals surface area contributed by atoms with Gasteiger partial charge in [-0.05, 0) is 30.8 Å². The molecule has 0 fully saturated rings. The summed E-state index contributed by atoms with van der Waals surface area (Å²) < 4.78 is 36.2. The minimum atomic E-state index is -0.343. The maximum atomic E-state index is 14.5. The van der Waals surface area contributed by atoms with Crippen molar-refractivity contribution in [2.45, 2.75) is 19.5 Å². The van der Waals surface area contributed by atoms with Crippen molar-refractivity contribution in [3.05, 3.63) is 76.7 Å². The molecule has 2 aromatic heterocycles. The average molecular weight is 446 g/mol. The lowest BCUT2D eigenvalue weighted by Gasteiger charge is -2.13. The first-order valence-electron chi connectivity index (χ1n) is 10.5.